The quantitative estimate of drug-likeness (QED) is 0.729. The third-order valence-electron chi connectivity index (χ3n) is 3.63. The second-order valence-electron chi connectivity index (χ2n) is 5.68. The molecular formula is C13H20N8O2S. The number of hydrogen-bond donors (Lipinski definition) is 2. The van der Waals surface area contributed by atoms with Crippen molar-refractivity contribution in [3.05, 3.63) is 18.3 Å². The van der Waals surface area contributed by atoms with E-state index in [0.717, 1.165) is 25.9 Å². The molecule has 3 rings (SSSR count). The van der Waals surface area contributed by atoms with Gasteiger partial charge in [-0.1, -0.05) is 0 Å². The van der Waals surface area contributed by atoms with E-state index in [1.807, 2.05) is 14.1 Å². The molecule has 2 aromatic rings. The molecule has 0 spiro atoms. The number of rotatable bonds is 6. The van der Waals surface area contributed by atoms with E-state index in [0.29, 0.717) is 17.7 Å². The van der Waals surface area contributed by atoms with Gasteiger partial charge in [-0.25, -0.2) is 18.1 Å². The summed E-state index contributed by atoms with van der Waals surface area (Å²) in [6.07, 6.45) is 4.76. The van der Waals surface area contributed by atoms with Crippen LogP contribution in [0.5, 0.6) is 0 Å². The molecule has 1 fully saturated rings. The van der Waals surface area contributed by atoms with Gasteiger partial charge in [-0.2, -0.15) is 15.0 Å². The Balaban J connectivity index is 1.81. The van der Waals surface area contributed by atoms with Crippen molar-refractivity contribution in [2.45, 2.75) is 24.4 Å². The van der Waals surface area contributed by atoms with E-state index in [1.165, 1.54) is 12.5 Å². The molecule has 130 valence electrons. The fourth-order valence-electron chi connectivity index (χ4n) is 2.36. The van der Waals surface area contributed by atoms with E-state index >= 15 is 0 Å². The summed E-state index contributed by atoms with van der Waals surface area (Å²) in [5, 5.41) is 0.00385. The van der Waals surface area contributed by atoms with Gasteiger partial charge in [0.15, 0.2) is 10.9 Å². The van der Waals surface area contributed by atoms with Crippen LogP contribution in [0.15, 0.2) is 17.6 Å². The highest BCUT2D eigenvalue weighted by Crippen LogP contribution is 2.18. The van der Waals surface area contributed by atoms with Crippen molar-refractivity contribution in [1.29, 1.82) is 0 Å². The van der Waals surface area contributed by atoms with Gasteiger partial charge in [-0.15, -0.1) is 0 Å². The van der Waals surface area contributed by atoms with Crippen molar-refractivity contribution in [3.8, 4) is 0 Å². The predicted octanol–water partition coefficient (Wildman–Crippen LogP) is -0.261. The van der Waals surface area contributed by atoms with Gasteiger partial charge in [0.1, 0.15) is 0 Å². The van der Waals surface area contributed by atoms with E-state index in [2.05, 4.69) is 34.5 Å². The molecule has 0 saturated carbocycles. The third kappa shape index (κ3) is 3.62. The van der Waals surface area contributed by atoms with Crippen LogP contribution in [0.2, 0.25) is 0 Å². The number of anilines is 2. The Bertz CT molecular complexity index is 784. The van der Waals surface area contributed by atoms with Gasteiger partial charge < -0.3 is 14.8 Å². The summed E-state index contributed by atoms with van der Waals surface area (Å²) in [4.78, 5) is 23.3. The highest BCUT2D eigenvalue weighted by molar-refractivity contribution is 7.89. The largest absolute Gasteiger partial charge is 0.347 e. The molecular weight excluding hydrogens is 332 g/mol. The molecule has 2 N–H and O–H groups in total. The first-order valence-electron chi connectivity index (χ1n) is 7.61. The Morgan fingerprint density at radius 2 is 2.00 bits per heavy atom. The molecule has 3 heterocycles. The average Bonchev–Trinajstić information content (AvgIpc) is 3.25. The number of imidazole rings is 1. The zero-order valence-electron chi connectivity index (χ0n) is 13.6. The van der Waals surface area contributed by atoms with Gasteiger partial charge in [-0.3, -0.25) is 0 Å². The molecule has 0 atom stereocenters. The Hall–Kier alpha value is -2.27. The normalized spacial score (nSPS) is 15.0. The summed E-state index contributed by atoms with van der Waals surface area (Å²) in [6.45, 7) is 1.78. The molecule has 10 nitrogen and oxygen atoms in total. The summed E-state index contributed by atoms with van der Waals surface area (Å²) in [5.74, 6) is 1.46. The van der Waals surface area contributed by atoms with Crippen LogP contribution in [0.3, 0.4) is 0 Å². The lowest BCUT2D eigenvalue weighted by molar-refractivity contribution is 0.575. The Morgan fingerprint density at radius 3 is 2.62 bits per heavy atom. The highest BCUT2D eigenvalue weighted by atomic mass is 32.2. The van der Waals surface area contributed by atoms with E-state index in [1.54, 1.807) is 4.90 Å². The van der Waals surface area contributed by atoms with Crippen LogP contribution in [0, 0.1) is 0 Å². The molecule has 0 bridgehead atoms. The third-order valence-corrected chi connectivity index (χ3v) is 4.96. The van der Waals surface area contributed by atoms with Crippen LogP contribution in [-0.4, -0.2) is 60.5 Å². The molecule has 24 heavy (non-hydrogen) atoms. The lowest BCUT2D eigenvalue weighted by atomic mass is 10.4. The van der Waals surface area contributed by atoms with Gasteiger partial charge in [0.25, 0.3) is 10.0 Å². The van der Waals surface area contributed by atoms with Crippen LogP contribution >= 0.6 is 0 Å². The predicted molar refractivity (Wildman–Crippen MR) is 88.2 cm³/mol. The molecule has 0 aromatic carbocycles. The second-order valence-corrected chi connectivity index (χ2v) is 7.42. The van der Waals surface area contributed by atoms with Crippen LogP contribution in [-0.2, 0) is 16.6 Å². The maximum atomic E-state index is 12.2. The van der Waals surface area contributed by atoms with Crippen molar-refractivity contribution in [3.63, 3.8) is 0 Å². The van der Waals surface area contributed by atoms with Crippen molar-refractivity contribution in [2.75, 3.05) is 37.0 Å². The van der Waals surface area contributed by atoms with E-state index in [4.69, 9.17) is 0 Å². The maximum Gasteiger partial charge on any atom is 0.258 e. The van der Waals surface area contributed by atoms with Crippen LogP contribution in [0.25, 0.3) is 0 Å². The number of aromatic amines is 1. The summed E-state index contributed by atoms with van der Waals surface area (Å²) in [5.41, 5.74) is 0. The number of nitrogens with one attached hydrogen (secondary N) is 2. The topological polar surface area (TPSA) is 120 Å². The minimum absolute atomic E-state index is 0.00385. The summed E-state index contributed by atoms with van der Waals surface area (Å²) < 4.78 is 26.8. The fraction of sp³-hybridized carbons (Fsp3) is 0.538. The fourth-order valence-corrected chi connectivity index (χ4v) is 3.24. The first-order valence-corrected chi connectivity index (χ1v) is 9.09. The number of hydrogen-bond acceptors (Lipinski definition) is 8. The van der Waals surface area contributed by atoms with Gasteiger partial charge in [0, 0.05) is 27.2 Å². The molecule has 0 unspecified atom stereocenters. The maximum absolute atomic E-state index is 12.2. The second kappa shape index (κ2) is 6.69. The van der Waals surface area contributed by atoms with Crippen LogP contribution in [0.1, 0.15) is 18.7 Å². The molecule has 1 aliphatic rings. The zero-order valence-corrected chi connectivity index (χ0v) is 14.4. The van der Waals surface area contributed by atoms with Crippen molar-refractivity contribution in [1.82, 2.24) is 29.6 Å². The van der Waals surface area contributed by atoms with Gasteiger partial charge in [0.05, 0.1) is 19.1 Å². The average molecular weight is 352 g/mol. The number of H-pyrrole nitrogens is 1. The number of sulfonamides is 1. The Labute approximate surface area is 140 Å². The highest BCUT2D eigenvalue weighted by Gasteiger charge is 2.20. The zero-order chi connectivity index (χ0) is 17.2. The Kier molecular flexibility index (Phi) is 4.62. The molecule has 0 amide bonds. The molecule has 2 aromatic heterocycles. The molecule has 1 aliphatic heterocycles. The van der Waals surface area contributed by atoms with E-state index in [-0.39, 0.29) is 11.6 Å². The van der Waals surface area contributed by atoms with Crippen molar-refractivity contribution >= 4 is 21.9 Å². The molecule has 0 radical (unpaired) electrons. The summed E-state index contributed by atoms with van der Waals surface area (Å²) in [7, 11) is -0.00586. The lowest BCUT2D eigenvalue weighted by Gasteiger charge is -2.18. The first-order chi connectivity index (χ1) is 11.5. The lowest BCUT2D eigenvalue weighted by Crippen LogP contribution is -2.28. The number of aromatic nitrogens is 5. The van der Waals surface area contributed by atoms with Crippen LogP contribution in [0.4, 0.5) is 11.9 Å². The molecule has 0 aliphatic carbocycles. The Morgan fingerprint density at radius 1 is 1.25 bits per heavy atom. The molecule has 1 saturated heterocycles. The summed E-state index contributed by atoms with van der Waals surface area (Å²) in [6, 6.07) is 0. The SMILES string of the molecule is CN(C)c1nc(CNS(=O)(=O)c2cnc[nH]2)nc(N2CCCC2)n1. The van der Waals surface area contributed by atoms with Gasteiger partial charge in [0.2, 0.25) is 11.9 Å². The van der Waals surface area contributed by atoms with Crippen LogP contribution < -0.4 is 14.5 Å². The minimum Gasteiger partial charge on any atom is -0.347 e. The smallest absolute Gasteiger partial charge is 0.258 e. The first kappa shape index (κ1) is 16.6. The van der Waals surface area contributed by atoms with Crippen molar-refractivity contribution < 1.29 is 8.42 Å². The van der Waals surface area contributed by atoms with E-state index < -0.39 is 10.0 Å². The summed E-state index contributed by atoms with van der Waals surface area (Å²) >= 11 is 0. The standard InChI is InChI=1S/C13H20N8O2S/c1-20(2)12-17-10(18-13(19-12)21-5-3-4-6-21)7-16-24(22,23)11-8-14-9-15-11/h8-9,16H,3-7H2,1-2H3,(H,14,15). The van der Waals surface area contributed by atoms with Crippen molar-refractivity contribution in [2.24, 2.45) is 0 Å². The van der Waals surface area contributed by atoms with E-state index in [9.17, 15) is 8.42 Å². The van der Waals surface area contributed by atoms with Gasteiger partial charge in [-0.05, 0) is 12.8 Å². The monoisotopic (exact) mass is 352 g/mol. The number of nitrogens with zero attached hydrogens (tertiary/aromatic N) is 6. The molecule has 11 heteroatoms. The minimum atomic E-state index is -3.68. The van der Waals surface area contributed by atoms with Gasteiger partial charge >= 0.3 is 0 Å².